The molecule has 4 aromatic rings. The minimum Gasteiger partial charge on any atom is -0.497 e. The molecular formula is C39H46N3O8P. The smallest absolute Gasteiger partial charge is 0.259 e. The third-order valence-corrected chi connectivity index (χ3v) is 11.4. The van der Waals surface area contributed by atoms with E-state index in [2.05, 4.69) is 55.6 Å². The Morgan fingerprint density at radius 1 is 0.922 bits per heavy atom. The van der Waals surface area contributed by atoms with E-state index < -0.39 is 38.0 Å². The van der Waals surface area contributed by atoms with Gasteiger partial charge >= 0.3 is 0 Å². The van der Waals surface area contributed by atoms with Gasteiger partial charge in [-0.15, -0.1) is 0 Å². The summed E-state index contributed by atoms with van der Waals surface area (Å²) >= 11 is 0. The van der Waals surface area contributed by atoms with Crippen LogP contribution in [0.1, 0.15) is 62.7 Å². The Bertz CT molecular complexity index is 1660. The van der Waals surface area contributed by atoms with E-state index in [9.17, 15) is 5.26 Å². The number of benzene rings is 3. The second-order valence-electron chi connectivity index (χ2n) is 13.1. The molecule has 51 heavy (non-hydrogen) atoms. The van der Waals surface area contributed by atoms with E-state index in [0.29, 0.717) is 5.76 Å². The van der Waals surface area contributed by atoms with Crippen molar-refractivity contribution in [3.05, 3.63) is 114 Å². The van der Waals surface area contributed by atoms with E-state index in [1.807, 2.05) is 66.7 Å². The highest BCUT2D eigenvalue weighted by molar-refractivity contribution is 7.44. The monoisotopic (exact) mass is 715 g/mol. The number of hydrogen-bond acceptors (Lipinski definition) is 11. The lowest BCUT2D eigenvalue weighted by Gasteiger charge is -2.41. The molecule has 0 radical (unpaired) electrons. The van der Waals surface area contributed by atoms with Gasteiger partial charge in [0.15, 0.2) is 12.2 Å². The lowest BCUT2D eigenvalue weighted by atomic mass is 9.79. The third kappa shape index (κ3) is 7.41. The molecule has 3 heterocycles. The molecule has 5 atom stereocenters. The summed E-state index contributed by atoms with van der Waals surface area (Å²) in [6.07, 6.45) is 1.54. The molecule has 2 bridgehead atoms. The van der Waals surface area contributed by atoms with Gasteiger partial charge in [-0.3, -0.25) is 0 Å². The quantitative estimate of drug-likeness (QED) is 0.0612. The molecule has 11 nitrogen and oxygen atoms in total. The van der Waals surface area contributed by atoms with Crippen molar-refractivity contribution in [1.29, 1.82) is 5.26 Å². The molecule has 2 saturated heterocycles. The van der Waals surface area contributed by atoms with Crippen LogP contribution in [0.5, 0.6) is 11.5 Å². The number of aromatic nitrogens is 1. The van der Waals surface area contributed by atoms with Crippen LogP contribution in [-0.2, 0) is 28.9 Å². The number of hydrogen-bond donors (Lipinski definition) is 0. The zero-order chi connectivity index (χ0) is 36.0. The summed E-state index contributed by atoms with van der Waals surface area (Å²) in [5, 5.41) is 9.32. The van der Waals surface area contributed by atoms with Gasteiger partial charge in [-0.25, -0.2) is 9.65 Å². The summed E-state index contributed by atoms with van der Waals surface area (Å²) < 4.78 is 53.2. The van der Waals surface area contributed by atoms with Gasteiger partial charge in [0.25, 0.3) is 8.53 Å². The molecule has 12 heteroatoms. The van der Waals surface area contributed by atoms with E-state index >= 15 is 0 Å². The van der Waals surface area contributed by atoms with Gasteiger partial charge in [0.05, 0.1) is 52.7 Å². The minimum absolute atomic E-state index is 0.0798. The number of ether oxygens (including phenoxy) is 5. The van der Waals surface area contributed by atoms with Crippen LogP contribution in [0, 0.1) is 11.3 Å². The van der Waals surface area contributed by atoms with Crippen LogP contribution in [0.4, 0.5) is 0 Å². The lowest BCUT2D eigenvalue weighted by Crippen LogP contribution is -2.49. The summed E-state index contributed by atoms with van der Waals surface area (Å²) in [6.45, 7) is 8.96. The Labute approximate surface area is 301 Å². The predicted octanol–water partition coefficient (Wildman–Crippen LogP) is 7.57. The van der Waals surface area contributed by atoms with Gasteiger partial charge < -0.3 is 37.1 Å². The van der Waals surface area contributed by atoms with Crippen molar-refractivity contribution in [1.82, 2.24) is 9.65 Å². The highest BCUT2D eigenvalue weighted by Crippen LogP contribution is 2.57. The Kier molecular flexibility index (Phi) is 11.7. The highest BCUT2D eigenvalue weighted by atomic mass is 31.2. The van der Waals surface area contributed by atoms with Crippen molar-refractivity contribution in [2.24, 2.45) is 0 Å². The summed E-state index contributed by atoms with van der Waals surface area (Å²) in [4.78, 5) is 4.16. The van der Waals surface area contributed by atoms with Gasteiger partial charge in [-0.1, -0.05) is 54.6 Å². The lowest BCUT2D eigenvalue weighted by molar-refractivity contribution is -0.187. The fourth-order valence-corrected chi connectivity index (χ4v) is 8.78. The first kappa shape index (κ1) is 36.9. The fraction of sp³-hybridized carbons (Fsp3) is 0.436. The Morgan fingerprint density at radius 3 is 2.06 bits per heavy atom. The number of oxazole rings is 1. The number of nitrogens with zero attached hydrogens (tertiary/aromatic N) is 3. The van der Waals surface area contributed by atoms with Crippen molar-refractivity contribution in [3.63, 3.8) is 0 Å². The van der Waals surface area contributed by atoms with Crippen molar-refractivity contribution >= 4 is 8.53 Å². The number of nitriles is 1. The maximum Gasteiger partial charge on any atom is 0.259 e. The van der Waals surface area contributed by atoms with Crippen molar-refractivity contribution in [2.75, 3.05) is 34.0 Å². The molecule has 0 aliphatic carbocycles. The normalized spacial score (nSPS) is 22.1. The molecule has 0 saturated carbocycles. The second-order valence-corrected chi connectivity index (χ2v) is 14.6. The van der Waals surface area contributed by atoms with Crippen molar-refractivity contribution < 1.29 is 37.1 Å². The molecule has 1 unspecified atom stereocenters. The maximum absolute atomic E-state index is 9.32. The zero-order valence-electron chi connectivity index (χ0n) is 29.9. The number of methoxy groups -OCH3 is 2. The average molecular weight is 716 g/mol. The SMILES string of the molecule is COc1ccc(C(OC[C@@]23CO[C@@H]([C@H](c4cnco4)O2)[C@@H]3OP(OCCC#N)N(C(C)C)C(C)C)(c2ccccc2)c2ccc(OC)cc2)cc1. The molecule has 0 amide bonds. The predicted molar refractivity (Wildman–Crippen MR) is 191 cm³/mol. The molecule has 2 fully saturated rings. The standard InChI is InChI=1S/C39H46N3O8P/c1-27(2)42(28(3)4)51(48-22-10-21-40)50-37-36-35(34-23-41-26-46-34)49-38(37,24-45-36)25-47-39(29-11-8-7-9-12-29,30-13-17-32(43-5)18-14-30)31-15-19-33(44-6)20-16-31/h7-9,11-20,23,26-28,35-37H,10,22,24-25H2,1-6H3/t35-,36-,37-,38+,51?/m0/s1. The fourth-order valence-electron chi connectivity index (χ4n) is 6.97. The molecular weight excluding hydrogens is 669 g/mol. The van der Waals surface area contributed by atoms with Crippen LogP contribution in [0.15, 0.2) is 95.9 Å². The zero-order valence-corrected chi connectivity index (χ0v) is 30.8. The molecule has 2 aliphatic rings. The van der Waals surface area contributed by atoms with Gasteiger partial charge in [-0.2, -0.15) is 5.26 Å². The minimum atomic E-state index is -1.64. The molecule has 2 aliphatic heterocycles. The van der Waals surface area contributed by atoms with Gasteiger partial charge in [0.2, 0.25) is 0 Å². The number of rotatable bonds is 17. The van der Waals surface area contributed by atoms with E-state index in [0.717, 1.165) is 28.2 Å². The van der Waals surface area contributed by atoms with Crippen LogP contribution < -0.4 is 9.47 Å². The Hall–Kier alpha value is -3.85. The van der Waals surface area contributed by atoms with Crippen molar-refractivity contribution in [3.8, 4) is 17.6 Å². The van der Waals surface area contributed by atoms with Crippen LogP contribution in [0.25, 0.3) is 0 Å². The van der Waals surface area contributed by atoms with E-state index in [1.165, 1.54) is 6.39 Å². The topological polar surface area (TPSA) is 118 Å². The maximum atomic E-state index is 9.32. The summed E-state index contributed by atoms with van der Waals surface area (Å²) in [7, 11) is 1.66. The molecule has 1 aromatic heterocycles. The van der Waals surface area contributed by atoms with E-state index in [4.69, 9.17) is 37.1 Å². The summed E-state index contributed by atoms with van der Waals surface area (Å²) in [6, 6.07) is 28.3. The first-order valence-corrected chi connectivity index (χ1v) is 18.3. The third-order valence-electron chi connectivity index (χ3n) is 9.30. The number of fused-ring (bicyclic) bond motifs is 2. The molecule has 0 N–H and O–H groups in total. The Balaban J connectivity index is 1.45. The van der Waals surface area contributed by atoms with Gasteiger partial charge in [-0.05, 0) is 68.7 Å². The first-order valence-electron chi connectivity index (χ1n) is 17.2. The van der Waals surface area contributed by atoms with E-state index in [1.54, 1.807) is 20.4 Å². The van der Waals surface area contributed by atoms with Crippen LogP contribution in [0.3, 0.4) is 0 Å². The van der Waals surface area contributed by atoms with E-state index in [-0.39, 0.29) is 38.3 Å². The molecule has 6 rings (SSSR count). The van der Waals surface area contributed by atoms with Crippen LogP contribution in [-0.4, -0.2) is 73.6 Å². The largest absolute Gasteiger partial charge is 0.497 e. The van der Waals surface area contributed by atoms with Crippen LogP contribution in [0.2, 0.25) is 0 Å². The summed E-state index contributed by atoms with van der Waals surface area (Å²) in [5.41, 5.74) is 0.534. The highest BCUT2D eigenvalue weighted by Gasteiger charge is 2.65. The molecule has 270 valence electrons. The molecule has 3 aromatic carbocycles. The molecule has 0 spiro atoms. The Morgan fingerprint density at radius 2 is 1.53 bits per heavy atom. The van der Waals surface area contributed by atoms with Crippen molar-refractivity contribution in [2.45, 2.75) is 75.7 Å². The summed E-state index contributed by atoms with van der Waals surface area (Å²) in [5.74, 6) is 2.00. The van der Waals surface area contributed by atoms with Crippen LogP contribution >= 0.6 is 8.53 Å². The van der Waals surface area contributed by atoms with Gasteiger partial charge in [0.1, 0.15) is 41.0 Å². The average Bonchev–Trinajstić information content (AvgIpc) is 3.88. The first-order chi connectivity index (χ1) is 24.8. The second kappa shape index (κ2) is 16.2. The van der Waals surface area contributed by atoms with Gasteiger partial charge in [0, 0.05) is 12.1 Å².